The highest BCUT2D eigenvalue weighted by Gasteiger charge is 2.27. The first kappa shape index (κ1) is 24.8. The van der Waals surface area contributed by atoms with E-state index in [9.17, 15) is 13.2 Å². The molecule has 7 heteroatoms. The van der Waals surface area contributed by atoms with Crippen molar-refractivity contribution < 1.29 is 13.2 Å². The standard InChI is InChI=1S/C28H33N3O3S/c1-22-10-14-26(15-11-22)31(35(33,34)27-8-4-3-5-9-27)21-28(32)29-19-24-12-16-25(17-13-24)30-18-6-7-23(2)20-30/h3-5,8-17,23H,6-7,18-21H2,1-2H3,(H,29,32). The summed E-state index contributed by atoms with van der Waals surface area (Å²) in [5.74, 6) is 0.338. The lowest BCUT2D eigenvalue weighted by molar-refractivity contribution is -0.119. The molecular formula is C28H33N3O3S. The summed E-state index contributed by atoms with van der Waals surface area (Å²) in [6.07, 6.45) is 2.49. The van der Waals surface area contributed by atoms with E-state index < -0.39 is 10.0 Å². The Hall–Kier alpha value is -3.32. The Morgan fingerprint density at radius 1 is 1.00 bits per heavy atom. The molecule has 184 valence electrons. The highest BCUT2D eigenvalue weighted by molar-refractivity contribution is 7.92. The van der Waals surface area contributed by atoms with Crippen molar-refractivity contribution in [2.75, 3.05) is 28.8 Å². The normalized spacial score (nSPS) is 16.1. The van der Waals surface area contributed by atoms with Crippen molar-refractivity contribution in [1.29, 1.82) is 0 Å². The fourth-order valence-electron chi connectivity index (χ4n) is 4.38. The Morgan fingerprint density at radius 2 is 1.69 bits per heavy atom. The minimum Gasteiger partial charge on any atom is -0.371 e. The number of hydrogen-bond donors (Lipinski definition) is 1. The summed E-state index contributed by atoms with van der Waals surface area (Å²) < 4.78 is 27.9. The van der Waals surface area contributed by atoms with Gasteiger partial charge in [-0.2, -0.15) is 0 Å². The van der Waals surface area contributed by atoms with E-state index in [1.165, 1.54) is 18.5 Å². The first-order valence-corrected chi connectivity index (χ1v) is 13.5. The van der Waals surface area contributed by atoms with E-state index in [1.807, 2.05) is 31.2 Å². The van der Waals surface area contributed by atoms with E-state index in [1.54, 1.807) is 42.5 Å². The quantitative estimate of drug-likeness (QED) is 0.494. The molecule has 1 saturated heterocycles. The van der Waals surface area contributed by atoms with Gasteiger partial charge in [0.05, 0.1) is 10.6 Å². The van der Waals surface area contributed by atoms with Gasteiger partial charge >= 0.3 is 0 Å². The van der Waals surface area contributed by atoms with Crippen molar-refractivity contribution in [3.8, 4) is 0 Å². The summed E-state index contributed by atoms with van der Waals surface area (Å²) in [6.45, 7) is 6.40. The molecule has 1 atom stereocenters. The summed E-state index contributed by atoms with van der Waals surface area (Å²) >= 11 is 0. The van der Waals surface area contributed by atoms with Crippen LogP contribution in [0.5, 0.6) is 0 Å². The Morgan fingerprint density at radius 3 is 2.34 bits per heavy atom. The Kier molecular flexibility index (Phi) is 7.76. The van der Waals surface area contributed by atoms with Crippen LogP contribution < -0.4 is 14.5 Å². The lowest BCUT2D eigenvalue weighted by Gasteiger charge is -2.32. The Bertz CT molecular complexity index is 1230. The molecule has 1 aliphatic rings. The van der Waals surface area contributed by atoms with Crippen LogP contribution in [0, 0.1) is 12.8 Å². The molecule has 1 amide bonds. The average molecular weight is 492 g/mol. The van der Waals surface area contributed by atoms with Gasteiger partial charge in [-0.05, 0) is 67.6 Å². The molecule has 1 aliphatic heterocycles. The lowest BCUT2D eigenvalue weighted by Crippen LogP contribution is -2.40. The second kappa shape index (κ2) is 11.0. The number of aryl methyl sites for hydroxylation is 1. The van der Waals surface area contributed by atoms with Gasteiger partial charge in [-0.1, -0.05) is 55.0 Å². The number of carbonyl (C=O) groups is 1. The van der Waals surface area contributed by atoms with Gasteiger partial charge in [0.25, 0.3) is 10.0 Å². The predicted molar refractivity (Wildman–Crippen MR) is 141 cm³/mol. The van der Waals surface area contributed by atoms with Gasteiger partial charge in [0, 0.05) is 25.3 Å². The zero-order valence-electron chi connectivity index (χ0n) is 20.4. The fourth-order valence-corrected chi connectivity index (χ4v) is 5.82. The van der Waals surface area contributed by atoms with Crippen LogP contribution in [0.25, 0.3) is 0 Å². The van der Waals surface area contributed by atoms with E-state index in [-0.39, 0.29) is 17.3 Å². The smallest absolute Gasteiger partial charge is 0.264 e. The number of carbonyl (C=O) groups excluding carboxylic acids is 1. The SMILES string of the molecule is Cc1ccc(N(CC(=O)NCc2ccc(N3CCCC(C)C3)cc2)S(=O)(=O)c2ccccc2)cc1. The second-order valence-corrected chi connectivity index (χ2v) is 11.2. The number of piperidine rings is 1. The molecule has 0 bridgehead atoms. The summed E-state index contributed by atoms with van der Waals surface area (Å²) in [4.78, 5) is 15.4. The molecule has 3 aromatic carbocycles. The first-order valence-electron chi connectivity index (χ1n) is 12.1. The molecule has 1 unspecified atom stereocenters. The number of hydrogen-bond acceptors (Lipinski definition) is 4. The molecule has 0 spiro atoms. The van der Waals surface area contributed by atoms with Gasteiger partial charge in [-0.3, -0.25) is 9.10 Å². The minimum atomic E-state index is -3.90. The Balaban J connectivity index is 1.44. The van der Waals surface area contributed by atoms with E-state index in [0.29, 0.717) is 18.2 Å². The second-order valence-electron chi connectivity index (χ2n) is 9.30. The van der Waals surface area contributed by atoms with Crippen LogP contribution in [-0.2, 0) is 21.4 Å². The highest BCUT2D eigenvalue weighted by Crippen LogP contribution is 2.25. The zero-order chi connectivity index (χ0) is 24.8. The van der Waals surface area contributed by atoms with Gasteiger partial charge in [-0.25, -0.2) is 8.42 Å². The highest BCUT2D eigenvalue weighted by atomic mass is 32.2. The number of rotatable bonds is 8. The molecule has 1 fully saturated rings. The third-order valence-electron chi connectivity index (χ3n) is 6.39. The first-order chi connectivity index (χ1) is 16.8. The summed E-state index contributed by atoms with van der Waals surface area (Å²) in [5, 5.41) is 2.88. The molecule has 0 aliphatic carbocycles. The third-order valence-corrected chi connectivity index (χ3v) is 8.18. The summed E-state index contributed by atoms with van der Waals surface area (Å²) in [5.41, 5.74) is 3.64. The molecule has 0 aromatic heterocycles. The number of sulfonamides is 1. The van der Waals surface area contributed by atoms with Crippen LogP contribution in [0.4, 0.5) is 11.4 Å². The van der Waals surface area contributed by atoms with Crippen LogP contribution in [0.15, 0.2) is 83.8 Å². The number of nitrogens with one attached hydrogen (secondary N) is 1. The maximum atomic E-state index is 13.4. The van der Waals surface area contributed by atoms with Crippen molar-refractivity contribution in [3.63, 3.8) is 0 Å². The van der Waals surface area contributed by atoms with Crippen LogP contribution in [0.2, 0.25) is 0 Å². The maximum absolute atomic E-state index is 13.4. The molecule has 35 heavy (non-hydrogen) atoms. The molecule has 1 heterocycles. The molecule has 6 nitrogen and oxygen atoms in total. The molecule has 0 radical (unpaired) electrons. The summed E-state index contributed by atoms with van der Waals surface area (Å²) in [6, 6.07) is 23.6. The topological polar surface area (TPSA) is 69.7 Å². The predicted octanol–water partition coefficient (Wildman–Crippen LogP) is 4.74. The number of amides is 1. The van der Waals surface area contributed by atoms with Gasteiger partial charge in [0.15, 0.2) is 0 Å². The molecule has 1 N–H and O–H groups in total. The van der Waals surface area contributed by atoms with Crippen LogP contribution in [0.3, 0.4) is 0 Å². The van der Waals surface area contributed by atoms with E-state index in [0.717, 1.165) is 28.5 Å². The van der Waals surface area contributed by atoms with Crippen molar-refractivity contribution in [2.45, 2.75) is 38.1 Å². The van der Waals surface area contributed by atoms with E-state index in [4.69, 9.17) is 0 Å². The van der Waals surface area contributed by atoms with Crippen LogP contribution >= 0.6 is 0 Å². The minimum absolute atomic E-state index is 0.149. The van der Waals surface area contributed by atoms with Crippen LogP contribution in [0.1, 0.15) is 30.9 Å². The number of anilines is 2. The van der Waals surface area contributed by atoms with Crippen molar-refractivity contribution in [2.24, 2.45) is 5.92 Å². The maximum Gasteiger partial charge on any atom is 0.264 e. The molecule has 0 saturated carbocycles. The van der Waals surface area contributed by atoms with Crippen molar-refractivity contribution in [1.82, 2.24) is 5.32 Å². The van der Waals surface area contributed by atoms with Gasteiger partial charge in [0.2, 0.25) is 5.91 Å². The third kappa shape index (κ3) is 6.22. The lowest BCUT2D eigenvalue weighted by atomic mass is 9.99. The average Bonchev–Trinajstić information content (AvgIpc) is 2.87. The molecule has 4 rings (SSSR count). The van der Waals surface area contributed by atoms with Crippen LogP contribution in [-0.4, -0.2) is 34.0 Å². The van der Waals surface area contributed by atoms with Gasteiger partial charge in [0.1, 0.15) is 6.54 Å². The molecular weight excluding hydrogens is 458 g/mol. The number of benzene rings is 3. The zero-order valence-corrected chi connectivity index (χ0v) is 21.2. The fraction of sp³-hybridized carbons (Fsp3) is 0.321. The van der Waals surface area contributed by atoms with Crippen molar-refractivity contribution >= 4 is 27.3 Å². The largest absolute Gasteiger partial charge is 0.371 e. The Labute approximate surface area is 208 Å². The molecule has 3 aromatic rings. The van der Waals surface area contributed by atoms with Gasteiger partial charge in [-0.15, -0.1) is 0 Å². The van der Waals surface area contributed by atoms with E-state index >= 15 is 0 Å². The van der Waals surface area contributed by atoms with Crippen molar-refractivity contribution in [3.05, 3.63) is 90.0 Å². The summed E-state index contributed by atoms with van der Waals surface area (Å²) in [7, 11) is -3.90. The number of nitrogens with zero attached hydrogens (tertiary/aromatic N) is 2. The van der Waals surface area contributed by atoms with E-state index in [2.05, 4.69) is 29.3 Å². The van der Waals surface area contributed by atoms with Gasteiger partial charge < -0.3 is 10.2 Å². The monoisotopic (exact) mass is 491 g/mol.